The summed E-state index contributed by atoms with van der Waals surface area (Å²) in [5.74, 6) is -3.61. The first-order valence-electron chi connectivity index (χ1n) is 35.9. The normalized spacial score (nSPS) is 10.2. The van der Waals surface area contributed by atoms with Crippen LogP contribution in [0.3, 0.4) is 0 Å². The van der Waals surface area contributed by atoms with Crippen LogP contribution < -0.4 is 70.1 Å². The Balaban J connectivity index is -0.000000127. The van der Waals surface area contributed by atoms with Crippen LogP contribution in [0.25, 0.3) is 0 Å². The Morgan fingerprint density at radius 1 is 0.165 bits per heavy atom. The molecule has 0 spiro atoms. The summed E-state index contributed by atoms with van der Waals surface area (Å²) in [4.78, 5) is 40.9. The van der Waals surface area contributed by atoms with Crippen molar-refractivity contribution < 1.29 is 111 Å². The first kappa shape index (κ1) is 104. The fourth-order valence-corrected chi connectivity index (χ4v) is 10.6. The summed E-state index contributed by atoms with van der Waals surface area (Å²) >= 11 is 0. The van der Waals surface area contributed by atoms with Gasteiger partial charge in [-0.15, -0.1) is 0 Å². The molecule has 0 saturated heterocycles. The molecule has 0 unspecified atom stereocenters. The fourth-order valence-electron chi connectivity index (χ4n) is 10.6. The van der Waals surface area contributed by atoms with E-state index in [0.29, 0.717) is 0 Å². The van der Waals surface area contributed by atoms with Gasteiger partial charge in [0.25, 0.3) is 0 Å². The number of hydrogen-bond donors (Lipinski definition) is 0. The number of carboxylic acids is 4. The van der Waals surface area contributed by atoms with Crippen LogP contribution in [-0.4, -0.2) is 23.9 Å². The van der Waals surface area contributed by atoms with Crippen molar-refractivity contribution in [3.63, 3.8) is 0 Å². The van der Waals surface area contributed by atoms with Gasteiger partial charge in [-0.25, -0.2) is 0 Å². The van der Waals surface area contributed by atoms with Crippen LogP contribution in [0.4, 0.5) is 0 Å². The minimum absolute atomic E-state index is 0. The molecule has 0 aliphatic rings. The largest absolute Gasteiger partial charge is 1.00 e. The van der Waals surface area contributed by atoms with Crippen molar-refractivity contribution >= 4 is 23.9 Å². The van der Waals surface area contributed by atoms with Gasteiger partial charge in [0.15, 0.2) is 0 Å². The average Bonchev–Trinajstić information content (AvgIpc) is 3.43. The monoisotopic (exact) mass is 1320 g/mol. The average molecular weight is 1320 g/mol. The number of carbonyl (C=O) groups excluding carboxylic acids is 4. The molecule has 0 amide bonds. The van der Waals surface area contributed by atoms with E-state index in [1.807, 2.05) is 0 Å². The Morgan fingerprint density at radius 2 is 0.235 bits per heavy atom. The predicted molar refractivity (Wildman–Crippen MR) is 338 cm³/mol. The Bertz CT molecular complexity index is 1010. The van der Waals surface area contributed by atoms with Crippen LogP contribution in [0.2, 0.25) is 0 Å². The molecule has 0 bridgehead atoms. The standard InChI is InChI=1S/4C18H36O2.4ClH.Ti/c4*1-2-3-4-5-6-7-8-9-10-11-12-13-14-15-16-17-18(19)20;;;;;/h4*2-17H2,1H3,(H,19,20);4*1H;/p-8. The third-order valence-corrected chi connectivity index (χ3v) is 15.9. The van der Waals surface area contributed by atoms with E-state index in [9.17, 15) is 39.6 Å². The minimum Gasteiger partial charge on any atom is -1.00 e. The van der Waals surface area contributed by atoms with Gasteiger partial charge in [-0.1, -0.05) is 387 Å². The molecular formula is C72H140Cl4O8Ti-8. The molecule has 0 aromatic heterocycles. The predicted octanol–water partition coefficient (Wildman–Crippen LogP) is 8.00. The Morgan fingerprint density at radius 3 is 0.306 bits per heavy atom. The number of hydrogen-bond acceptors (Lipinski definition) is 8. The van der Waals surface area contributed by atoms with Crippen LogP contribution >= 0.6 is 0 Å². The van der Waals surface area contributed by atoms with E-state index in [2.05, 4.69) is 27.7 Å². The summed E-state index contributed by atoms with van der Waals surface area (Å²) in [6.45, 7) is 9.07. The summed E-state index contributed by atoms with van der Waals surface area (Å²) in [5.41, 5.74) is 0. The van der Waals surface area contributed by atoms with Crippen molar-refractivity contribution in [2.24, 2.45) is 0 Å². The molecular weight excluding hydrogens is 1180 g/mol. The van der Waals surface area contributed by atoms with Crippen LogP contribution in [0.1, 0.15) is 439 Å². The number of carboxylic acid groups (broad SMARTS) is 4. The topological polar surface area (TPSA) is 161 Å². The molecule has 13 heteroatoms. The Kier molecular flexibility index (Phi) is 122. The van der Waals surface area contributed by atoms with E-state index in [1.54, 1.807) is 0 Å². The SMILES string of the molecule is CCCCCCCCCCCCCCCCCC(=O)[O-].CCCCCCCCCCCCCCCCCC(=O)[O-].CCCCCCCCCCCCCCCCCC(=O)[O-].CCCCCCCCCCCCCCCCCC(=O)[O-].[Cl-].[Cl-].[Cl-].[Cl-].[Ti]. The zero-order valence-electron chi connectivity index (χ0n) is 56.5. The zero-order valence-corrected chi connectivity index (χ0v) is 61.1. The van der Waals surface area contributed by atoms with Gasteiger partial charge < -0.3 is 89.2 Å². The quantitative estimate of drug-likeness (QED) is 0.0438. The maximum absolute atomic E-state index is 10.2. The third kappa shape index (κ3) is 122. The van der Waals surface area contributed by atoms with Crippen molar-refractivity contribution in [1.82, 2.24) is 0 Å². The molecule has 0 aliphatic carbocycles. The molecule has 8 nitrogen and oxygen atoms in total. The molecule has 0 aromatic rings. The van der Waals surface area contributed by atoms with Gasteiger partial charge in [-0.3, -0.25) is 0 Å². The maximum atomic E-state index is 10.2. The minimum atomic E-state index is -0.903. The second-order valence-electron chi connectivity index (χ2n) is 24.3. The van der Waals surface area contributed by atoms with Gasteiger partial charge in [0.2, 0.25) is 0 Å². The number of halogens is 4. The van der Waals surface area contributed by atoms with E-state index in [0.717, 1.165) is 51.4 Å². The number of aliphatic carboxylic acids is 4. The summed E-state index contributed by atoms with van der Waals surface area (Å²) in [7, 11) is 0. The number of unbranched alkanes of at least 4 members (excludes halogenated alkanes) is 56. The van der Waals surface area contributed by atoms with Gasteiger partial charge in [0, 0.05) is 45.6 Å². The molecule has 0 aromatic carbocycles. The summed E-state index contributed by atoms with van der Waals surface area (Å²) in [6.07, 6.45) is 79.4. The van der Waals surface area contributed by atoms with Crippen LogP contribution in [0.5, 0.6) is 0 Å². The van der Waals surface area contributed by atoms with Crippen molar-refractivity contribution in [2.45, 2.75) is 439 Å². The van der Waals surface area contributed by atoms with Crippen LogP contribution in [-0.2, 0) is 40.9 Å². The molecule has 0 rings (SSSR count). The van der Waals surface area contributed by atoms with E-state index in [1.165, 1.54) is 334 Å². The molecule has 0 aliphatic heterocycles. The van der Waals surface area contributed by atoms with Gasteiger partial charge in [0.05, 0.1) is 0 Å². The number of rotatable bonds is 64. The van der Waals surface area contributed by atoms with Crippen LogP contribution in [0, 0.1) is 0 Å². The summed E-state index contributed by atoms with van der Waals surface area (Å²) in [6, 6.07) is 0. The first-order chi connectivity index (χ1) is 39.1. The van der Waals surface area contributed by atoms with Gasteiger partial charge in [0.1, 0.15) is 0 Å². The molecule has 0 saturated carbocycles. The van der Waals surface area contributed by atoms with Crippen molar-refractivity contribution in [1.29, 1.82) is 0 Å². The Hall–Kier alpha value is -0.246. The zero-order chi connectivity index (χ0) is 59.6. The summed E-state index contributed by atoms with van der Waals surface area (Å²) < 4.78 is 0. The molecule has 0 N–H and O–H groups in total. The fraction of sp³-hybridized carbons (Fsp3) is 0.944. The smallest absolute Gasteiger partial charge is 0.0414 e. The number of carbonyl (C=O) groups is 4. The molecule has 85 heavy (non-hydrogen) atoms. The molecule has 0 fully saturated rings. The van der Waals surface area contributed by atoms with E-state index in [-0.39, 0.29) is 97.0 Å². The third-order valence-electron chi connectivity index (χ3n) is 15.9. The van der Waals surface area contributed by atoms with E-state index in [4.69, 9.17) is 0 Å². The molecule has 0 atom stereocenters. The van der Waals surface area contributed by atoms with Crippen molar-refractivity contribution in [3.05, 3.63) is 0 Å². The second-order valence-corrected chi connectivity index (χ2v) is 24.3. The van der Waals surface area contributed by atoms with Gasteiger partial charge >= 0.3 is 0 Å². The molecule has 0 heterocycles. The van der Waals surface area contributed by atoms with Gasteiger partial charge in [-0.05, 0) is 51.4 Å². The van der Waals surface area contributed by atoms with Crippen molar-refractivity contribution in [3.8, 4) is 0 Å². The molecule has 0 radical (unpaired) electrons. The second kappa shape index (κ2) is 99.9. The summed E-state index contributed by atoms with van der Waals surface area (Å²) in [5, 5.41) is 40.9. The first-order valence-corrected chi connectivity index (χ1v) is 35.9. The van der Waals surface area contributed by atoms with E-state index >= 15 is 0 Å². The van der Waals surface area contributed by atoms with Gasteiger partial charge in [-0.2, -0.15) is 0 Å². The molecule has 516 valence electrons. The van der Waals surface area contributed by atoms with Crippen LogP contribution in [0.15, 0.2) is 0 Å². The maximum Gasteiger partial charge on any atom is 0.0414 e. The Labute approximate surface area is 569 Å². The van der Waals surface area contributed by atoms with Crippen molar-refractivity contribution in [2.75, 3.05) is 0 Å². The van der Waals surface area contributed by atoms with E-state index < -0.39 is 23.9 Å².